The van der Waals surface area contributed by atoms with Crippen LogP contribution in [-0.4, -0.2) is 18.5 Å². The predicted octanol–water partition coefficient (Wildman–Crippen LogP) is 3.34. The minimum atomic E-state index is -0.0625. The topological polar surface area (TPSA) is 41.1 Å². The summed E-state index contributed by atoms with van der Waals surface area (Å²) in [4.78, 5) is 13.4. The van der Waals surface area contributed by atoms with Crippen molar-refractivity contribution >= 4 is 17.2 Å². The second-order valence-electron chi connectivity index (χ2n) is 5.09. The van der Waals surface area contributed by atoms with Gasteiger partial charge < -0.3 is 10.6 Å². The Morgan fingerprint density at radius 3 is 2.57 bits per heavy atom. The van der Waals surface area contributed by atoms with Crippen molar-refractivity contribution in [3.05, 3.63) is 58.3 Å². The Hall–Kier alpha value is -1.65. The van der Waals surface area contributed by atoms with Crippen molar-refractivity contribution < 1.29 is 4.79 Å². The monoisotopic (exact) mass is 302 g/mol. The van der Waals surface area contributed by atoms with Gasteiger partial charge in [-0.05, 0) is 30.5 Å². The van der Waals surface area contributed by atoms with Gasteiger partial charge in [-0.25, -0.2) is 0 Å². The zero-order valence-corrected chi connectivity index (χ0v) is 13.3. The zero-order chi connectivity index (χ0) is 15.1. The van der Waals surface area contributed by atoms with Gasteiger partial charge in [0.15, 0.2) is 0 Å². The van der Waals surface area contributed by atoms with Gasteiger partial charge in [-0.1, -0.05) is 43.3 Å². The van der Waals surface area contributed by atoms with E-state index in [0.717, 1.165) is 17.0 Å². The van der Waals surface area contributed by atoms with E-state index in [1.54, 1.807) is 11.3 Å². The van der Waals surface area contributed by atoms with E-state index in [0.29, 0.717) is 6.42 Å². The van der Waals surface area contributed by atoms with Crippen LogP contribution in [0.3, 0.4) is 0 Å². The molecule has 0 fully saturated rings. The van der Waals surface area contributed by atoms with E-state index >= 15 is 0 Å². The number of hydrogen-bond donors (Lipinski definition) is 2. The summed E-state index contributed by atoms with van der Waals surface area (Å²) >= 11 is 1.67. The van der Waals surface area contributed by atoms with Crippen LogP contribution in [0.1, 0.15) is 36.8 Å². The van der Waals surface area contributed by atoms with Gasteiger partial charge in [0.2, 0.25) is 5.91 Å². The van der Waals surface area contributed by atoms with Crippen molar-refractivity contribution in [2.75, 3.05) is 6.54 Å². The Labute approximate surface area is 130 Å². The molecule has 0 spiro atoms. The molecule has 0 aliphatic heterocycles. The molecule has 1 heterocycles. The fraction of sp³-hybridized carbons (Fsp3) is 0.353. The minimum Gasteiger partial charge on any atom is -0.344 e. The number of benzene rings is 1. The van der Waals surface area contributed by atoms with E-state index in [4.69, 9.17) is 0 Å². The Bertz CT molecular complexity index is 539. The highest BCUT2D eigenvalue weighted by Gasteiger charge is 2.18. The minimum absolute atomic E-state index is 0.0625. The van der Waals surface area contributed by atoms with Crippen molar-refractivity contribution in [1.82, 2.24) is 10.6 Å². The van der Waals surface area contributed by atoms with Crippen LogP contribution in [0.25, 0.3) is 0 Å². The van der Waals surface area contributed by atoms with Gasteiger partial charge in [-0.15, -0.1) is 11.3 Å². The average Bonchev–Trinajstić information content (AvgIpc) is 3.00. The Morgan fingerprint density at radius 1 is 1.19 bits per heavy atom. The van der Waals surface area contributed by atoms with Crippen LogP contribution in [0.5, 0.6) is 0 Å². The lowest BCUT2D eigenvalue weighted by Gasteiger charge is -2.20. The molecule has 1 aromatic heterocycles. The largest absolute Gasteiger partial charge is 0.344 e. The third-order valence-electron chi connectivity index (χ3n) is 3.31. The molecule has 0 aliphatic rings. The molecule has 2 unspecified atom stereocenters. The Balaban J connectivity index is 2.09. The van der Waals surface area contributed by atoms with Crippen LogP contribution >= 0.6 is 11.3 Å². The predicted molar refractivity (Wildman–Crippen MR) is 88.5 cm³/mol. The van der Waals surface area contributed by atoms with Gasteiger partial charge in [-0.2, -0.15) is 0 Å². The number of rotatable bonds is 7. The number of hydrogen-bond acceptors (Lipinski definition) is 3. The fourth-order valence-corrected chi connectivity index (χ4v) is 3.14. The Morgan fingerprint density at radius 2 is 1.95 bits per heavy atom. The summed E-state index contributed by atoms with van der Waals surface area (Å²) in [5.41, 5.74) is 1.12. The summed E-state index contributed by atoms with van der Waals surface area (Å²) in [5, 5.41) is 8.46. The normalized spacial score (nSPS) is 13.6. The van der Waals surface area contributed by atoms with Crippen molar-refractivity contribution in [3.63, 3.8) is 0 Å². The molecule has 0 saturated carbocycles. The molecular formula is C17H22N2OS. The van der Waals surface area contributed by atoms with Gasteiger partial charge in [0.05, 0.1) is 6.04 Å². The first-order valence-corrected chi connectivity index (χ1v) is 8.19. The highest BCUT2D eigenvalue weighted by molar-refractivity contribution is 7.10. The highest BCUT2D eigenvalue weighted by atomic mass is 32.1. The zero-order valence-electron chi connectivity index (χ0n) is 12.5. The van der Waals surface area contributed by atoms with Gasteiger partial charge >= 0.3 is 0 Å². The lowest BCUT2D eigenvalue weighted by atomic mass is 10.0. The molecule has 2 aromatic rings. The van der Waals surface area contributed by atoms with Crippen molar-refractivity contribution in [3.8, 4) is 0 Å². The van der Waals surface area contributed by atoms with Gasteiger partial charge in [0.25, 0.3) is 0 Å². The molecule has 4 heteroatoms. The van der Waals surface area contributed by atoms with Crippen molar-refractivity contribution in [1.29, 1.82) is 0 Å². The molecule has 0 saturated heterocycles. The van der Waals surface area contributed by atoms with E-state index in [9.17, 15) is 4.79 Å². The average molecular weight is 302 g/mol. The quantitative estimate of drug-likeness (QED) is 0.823. The highest BCUT2D eigenvalue weighted by Crippen LogP contribution is 2.25. The number of thiophene rings is 1. The fourth-order valence-electron chi connectivity index (χ4n) is 2.34. The first kappa shape index (κ1) is 15.7. The second kappa shape index (κ2) is 7.96. The summed E-state index contributed by atoms with van der Waals surface area (Å²) < 4.78 is 0. The summed E-state index contributed by atoms with van der Waals surface area (Å²) in [6, 6.07) is 14.3. The van der Waals surface area contributed by atoms with Crippen molar-refractivity contribution in [2.45, 2.75) is 32.4 Å². The molecule has 0 aliphatic carbocycles. The molecule has 1 aromatic carbocycles. The number of nitrogens with one attached hydrogen (secondary N) is 2. The van der Waals surface area contributed by atoms with E-state index < -0.39 is 0 Å². The van der Waals surface area contributed by atoms with Crippen LogP contribution in [0, 0.1) is 0 Å². The maximum absolute atomic E-state index is 12.3. The third-order valence-corrected chi connectivity index (χ3v) is 4.25. The molecule has 2 N–H and O–H groups in total. The summed E-state index contributed by atoms with van der Waals surface area (Å²) in [6.45, 7) is 4.96. The number of amides is 1. The maximum atomic E-state index is 12.3. The van der Waals surface area contributed by atoms with Crippen LogP contribution < -0.4 is 10.6 Å². The van der Waals surface area contributed by atoms with E-state index in [1.165, 1.54) is 0 Å². The summed E-state index contributed by atoms with van der Waals surface area (Å²) in [6.07, 6.45) is 0.489. The van der Waals surface area contributed by atoms with Crippen molar-refractivity contribution in [2.24, 2.45) is 0 Å². The Kier molecular flexibility index (Phi) is 5.96. The van der Waals surface area contributed by atoms with Gasteiger partial charge in [0, 0.05) is 17.3 Å². The molecule has 0 bridgehead atoms. The molecule has 2 atom stereocenters. The first-order chi connectivity index (χ1) is 10.2. The second-order valence-corrected chi connectivity index (χ2v) is 6.07. The lowest BCUT2D eigenvalue weighted by Crippen LogP contribution is -2.35. The van der Waals surface area contributed by atoms with Gasteiger partial charge in [0.1, 0.15) is 0 Å². The van der Waals surface area contributed by atoms with E-state index in [-0.39, 0.29) is 18.0 Å². The SMILES string of the molecule is CCNC(C)CC(=O)NC(c1ccccc1)c1cccs1. The summed E-state index contributed by atoms with van der Waals surface area (Å²) in [5.74, 6) is 0.0747. The number of carbonyl (C=O) groups is 1. The summed E-state index contributed by atoms with van der Waals surface area (Å²) in [7, 11) is 0. The van der Waals surface area contributed by atoms with Crippen LogP contribution in [0.2, 0.25) is 0 Å². The third kappa shape index (κ3) is 4.69. The molecule has 1 amide bonds. The van der Waals surface area contributed by atoms with E-state index in [1.807, 2.05) is 43.5 Å². The van der Waals surface area contributed by atoms with Crippen LogP contribution in [0.4, 0.5) is 0 Å². The number of carbonyl (C=O) groups excluding carboxylic acids is 1. The smallest absolute Gasteiger partial charge is 0.222 e. The molecule has 21 heavy (non-hydrogen) atoms. The maximum Gasteiger partial charge on any atom is 0.222 e. The molecule has 3 nitrogen and oxygen atoms in total. The standard InChI is InChI=1S/C17H22N2OS/c1-3-18-13(2)12-16(20)19-17(15-10-7-11-21-15)14-8-5-4-6-9-14/h4-11,13,17-18H,3,12H2,1-2H3,(H,19,20). The molecular weight excluding hydrogens is 280 g/mol. The van der Waals surface area contributed by atoms with Crippen LogP contribution in [0.15, 0.2) is 47.8 Å². The lowest BCUT2D eigenvalue weighted by molar-refractivity contribution is -0.122. The first-order valence-electron chi connectivity index (χ1n) is 7.31. The molecule has 0 radical (unpaired) electrons. The van der Waals surface area contributed by atoms with E-state index in [2.05, 4.69) is 28.8 Å². The molecule has 112 valence electrons. The van der Waals surface area contributed by atoms with Crippen LogP contribution in [-0.2, 0) is 4.79 Å². The molecule has 2 rings (SSSR count). The van der Waals surface area contributed by atoms with Gasteiger partial charge in [-0.3, -0.25) is 4.79 Å².